The normalized spacial score (nSPS) is 10.9. The molecule has 7 heteroatoms. The summed E-state index contributed by atoms with van der Waals surface area (Å²) in [7, 11) is 1.55. The van der Waals surface area contributed by atoms with Crippen LogP contribution in [-0.4, -0.2) is 22.8 Å². The Labute approximate surface area is 177 Å². The Morgan fingerprint density at radius 2 is 1.79 bits per heavy atom. The Balaban J connectivity index is 0.00000300. The highest BCUT2D eigenvalue weighted by Crippen LogP contribution is 2.28. The summed E-state index contributed by atoms with van der Waals surface area (Å²) in [6, 6.07) is 13.2. The van der Waals surface area contributed by atoms with Crippen LogP contribution >= 0.6 is 12.4 Å². The van der Waals surface area contributed by atoms with Gasteiger partial charge in [0.2, 0.25) is 0 Å². The van der Waals surface area contributed by atoms with Crippen LogP contribution in [0.15, 0.2) is 48.7 Å². The van der Waals surface area contributed by atoms with E-state index in [9.17, 15) is 4.79 Å². The van der Waals surface area contributed by atoms with Gasteiger partial charge in [0, 0.05) is 17.3 Å². The van der Waals surface area contributed by atoms with E-state index < -0.39 is 0 Å². The Kier molecular flexibility index (Phi) is 6.59. The summed E-state index contributed by atoms with van der Waals surface area (Å²) in [4.78, 5) is 13.0. The molecule has 1 aromatic heterocycles. The van der Waals surface area contributed by atoms with Gasteiger partial charge in [-0.3, -0.25) is 4.79 Å². The van der Waals surface area contributed by atoms with E-state index in [1.807, 2.05) is 52.0 Å². The zero-order valence-corrected chi connectivity index (χ0v) is 18.1. The average Bonchev–Trinajstić information content (AvgIpc) is 3.08. The molecule has 29 heavy (non-hydrogen) atoms. The summed E-state index contributed by atoms with van der Waals surface area (Å²) in [6.45, 7) is 8.15. The lowest BCUT2D eigenvalue weighted by Gasteiger charge is -2.17. The Morgan fingerprint density at radius 3 is 2.34 bits per heavy atom. The number of rotatable bonds is 4. The third kappa shape index (κ3) is 4.90. The van der Waals surface area contributed by atoms with Gasteiger partial charge in [-0.2, -0.15) is 5.10 Å². The van der Waals surface area contributed by atoms with Crippen LogP contribution in [0.4, 0.5) is 11.4 Å². The molecule has 0 aliphatic carbocycles. The fourth-order valence-corrected chi connectivity index (χ4v) is 2.93. The average molecular weight is 415 g/mol. The molecule has 3 N–H and O–H groups in total. The first-order valence-corrected chi connectivity index (χ1v) is 9.11. The van der Waals surface area contributed by atoms with E-state index in [0.717, 1.165) is 11.4 Å². The second kappa shape index (κ2) is 8.57. The van der Waals surface area contributed by atoms with Crippen molar-refractivity contribution in [1.29, 1.82) is 0 Å². The number of carbonyl (C=O) groups excluding carboxylic acids is 1. The number of hydrogen-bond donors (Lipinski definition) is 2. The Hall–Kier alpha value is -2.99. The Bertz CT molecular complexity index is 1000. The number of nitrogens with two attached hydrogens (primary N) is 1. The highest BCUT2D eigenvalue weighted by Gasteiger charge is 2.26. The summed E-state index contributed by atoms with van der Waals surface area (Å²) >= 11 is 0. The molecule has 3 aromatic rings. The molecular weight excluding hydrogens is 388 g/mol. The molecule has 1 amide bonds. The third-order valence-corrected chi connectivity index (χ3v) is 4.46. The zero-order chi connectivity index (χ0) is 20.5. The number of benzene rings is 2. The minimum absolute atomic E-state index is 0. The van der Waals surface area contributed by atoms with Crippen molar-refractivity contribution in [2.24, 2.45) is 0 Å². The largest absolute Gasteiger partial charge is 0.495 e. The maximum Gasteiger partial charge on any atom is 0.259 e. The van der Waals surface area contributed by atoms with Gasteiger partial charge in [-0.15, -0.1) is 12.4 Å². The summed E-state index contributed by atoms with van der Waals surface area (Å²) in [5, 5.41) is 7.61. The minimum atomic E-state index is -0.290. The van der Waals surface area contributed by atoms with Crippen LogP contribution in [-0.2, 0) is 5.41 Å². The number of nitrogens with zero attached hydrogens (tertiary/aromatic N) is 2. The number of nitrogens with one attached hydrogen (secondary N) is 1. The minimum Gasteiger partial charge on any atom is -0.495 e. The molecule has 2 aromatic carbocycles. The molecule has 0 saturated carbocycles. The van der Waals surface area contributed by atoms with E-state index in [-0.39, 0.29) is 23.7 Å². The molecule has 1 heterocycles. The number of halogens is 1. The van der Waals surface area contributed by atoms with E-state index in [1.165, 1.54) is 5.56 Å². The van der Waals surface area contributed by atoms with Gasteiger partial charge in [0.1, 0.15) is 5.75 Å². The van der Waals surface area contributed by atoms with Crippen LogP contribution in [0, 0.1) is 6.92 Å². The van der Waals surface area contributed by atoms with Crippen molar-refractivity contribution in [3.05, 3.63) is 65.5 Å². The summed E-state index contributed by atoms with van der Waals surface area (Å²) < 4.78 is 6.91. The maximum atomic E-state index is 13.0. The van der Waals surface area contributed by atoms with Crippen LogP contribution in [0.25, 0.3) is 5.69 Å². The van der Waals surface area contributed by atoms with Gasteiger partial charge < -0.3 is 15.8 Å². The van der Waals surface area contributed by atoms with Gasteiger partial charge in [-0.1, -0.05) is 38.5 Å². The molecule has 0 bridgehead atoms. The topological polar surface area (TPSA) is 82.2 Å². The standard InChI is InChI=1S/C22H26N4O2.ClH/c1-14-6-9-16(10-7-14)26-13-17(20(25-26)22(2,3)4)21(27)24-15-8-11-19(28-5)18(23)12-15;/h6-13H,23H2,1-5H3,(H,24,27);1H. The lowest BCUT2D eigenvalue weighted by molar-refractivity contribution is 0.102. The van der Waals surface area contributed by atoms with Crippen molar-refractivity contribution in [1.82, 2.24) is 9.78 Å². The quantitative estimate of drug-likeness (QED) is 0.604. The first kappa shape index (κ1) is 22.3. The number of carbonyl (C=O) groups is 1. The monoisotopic (exact) mass is 414 g/mol. The number of aromatic nitrogens is 2. The molecule has 6 nitrogen and oxygen atoms in total. The molecule has 0 fully saturated rings. The first-order valence-electron chi connectivity index (χ1n) is 9.11. The van der Waals surface area contributed by atoms with Gasteiger partial charge in [0.15, 0.2) is 0 Å². The molecule has 3 rings (SSSR count). The predicted octanol–water partition coefficient (Wildman–Crippen LogP) is 4.74. The molecule has 0 spiro atoms. The predicted molar refractivity (Wildman–Crippen MR) is 120 cm³/mol. The van der Waals surface area contributed by atoms with Gasteiger partial charge in [-0.05, 0) is 37.3 Å². The van der Waals surface area contributed by atoms with E-state index >= 15 is 0 Å². The van der Waals surface area contributed by atoms with Crippen molar-refractivity contribution in [2.75, 3.05) is 18.2 Å². The fraction of sp³-hybridized carbons (Fsp3) is 0.273. The molecule has 154 valence electrons. The third-order valence-electron chi connectivity index (χ3n) is 4.46. The first-order chi connectivity index (χ1) is 13.2. The molecule has 0 aliphatic rings. The van der Waals surface area contributed by atoms with Gasteiger partial charge in [0.25, 0.3) is 5.91 Å². The number of hydrogen-bond acceptors (Lipinski definition) is 4. The second-order valence-corrected chi connectivity index (χ2v) is 7.83. The van der Waals surface area contributed by atoms with Crippen molar-refractivity contribution in [3.63, 3.8) is 0 Å². The molecular formula is C22H27ClN4O2. The number of methoxy groups -OCH3 is 1. The molecule has 0 atom stereocenters. The summed E-state index contributed by atoms with van der Waals surface area (Å²) in [5.74, 6) is 0.341. The maximum absolute atomic E-state index is 13.0. The number of anilines is 2. The fourth-order valence-electron chi connectivity index (χ4n) is 2.93. The van der Waals surface area contributed by atoms with Gasteiger partial charge >= 0.3 is 0 Å². The van der Waals surface area contributed by atoms with Crippen LogP contribution in [0.1, 0.15) is 42.4 Å². The smallest absolute Gasteiger partial charge is 0.259 e. The van der Waals surface area contributed by atoms with E-state index in [4.69, 9.17) is 15.6 Å². The van der Waals surface area contributed by atoms with Crippen LogP contribution in [0.5, 0.6) is 5.75 Å². The number of aryl methyl sites for hydroxylation is 1. The lowest BCUT2D eigenvalue weighted by atomic mass is 9.89. The van der Waals surface area contributed by atoms with Crippen LogP contribution < -0.4 is 15.8 Å². The summed E-state index contributed by atoms with van der Waals surface area (Å²) in [5.41, 5.74) is 10.1. The number of nitrogen functional groups attached to an aromatic ring is 1. The van der Waals surface area contributed by atoms with Crippen molar-refractivity contribution in [3.8, 4) is 11.4 Å². The molecule has 0 saturated heterocycles. The Morgan fingerprint density at radius 1 is 1.14 bits per heavy atom. The van der Waals surface area contributed by atoms with E-state index in [2.05, 4.69) is 5.32 Å². The molecule has 0 radical (unpaired) electrons. The van der Waals surface area contributed by atoms with Gasteiger partial charge in [0.05, 0.1) is 29.7 Å². The van der Waals surface area contributed by atoms with Crippen molar-refractivity contribution in [2.45, 2.75) is 33.1 Å². The van der Waals surface area contributed by atoms with Crippen LogP contribution in [0.2, 0.25) is 0 Å². The molecule has 0 unspecified atom stereocenters. The highest BCUT2D eigenvalue weighted by molar-refractivity contribution is 6.05. The van der Waals surface area contributed by atoms with E-state index in [0.29, 0.717) is 22.7 Å². The van der Waals surface area contributed by atoms with E-state index in [1.54, 1.807) is 36.2 Å². The highest BCUT2D eigenvalue weighted by atomic mass is 35.5. The SMILES string of the molecule is COc1ccc(NC(=O)c2cn(-c3ccc(C)cc3)nc2C(C)(C)C)cc1N.Cl. The molecule has 0 aliphatic heterocycles. The lowest BCUT2D eigenvalue weighted by Crippen LogP contribution is -2.20. The number of ether oxygens (including phenoxy) is 1. The van der Waals surface area contributed by atoms with Crippen LogP contribution in [0.3, 0.4) is 0 Å². The van der Waals surface area contributed by atoms with Crippen molar-refractivity contribution >= 4 is 29.7 Å². The second-order valence-electron chi connectivity index (χ2n) is 7.83. The summed E-state index contributed by atoms with van der Waals surface area (Å²) in [6.07, 6.45) is 1.77. The zero-order valence-electron chi connectivity index (χ0n) is 17.3. The van der Waals surface area contributed by atoms with Crippen molar-refractivity contribution < 1.29 is 9.53 Å². The van der Waals surface area contributed by atoms with Gasteiger partial charge in [-0.25, -0.2) is 4.68 Å². The number of amides is 1.